The van der Waals surface area contributed by atoms with Crippen molar-refractivity contribution in [2.45, 2.75) is 4.90 Å². The summed E-state index contributed by atoms with van der Waals surface area (Å²) in [5, 5.41) is 8.94. The van der Waals surface area contributed by atoms with Crippen LogP contribution in [-0.2, 0) is 9.84 Å². The Balaban J connectivity index is 2.25. The van der Waals surface area contributed by atoms with Crippen molar-refractivity contribution in [1.82, 2.24) is 9.97 Å². The number of fused-ring (bicyclic) bond motifs is 1. The fourth-order valence-corrected chi connectivity index (χ4v) is 3.01. The first kappa shape index (κ1) is 13.3. The van der Waals surface area contributed by atoms with Gasteiger partial charge in [0.1, 0.15) is 11.3 Å². The molecule has 0 amide bonds. The van der Waals surface area contributed by atoms with Crippen LogP contribution in [0.25, 0.3) is 22.4 Å². The summed E-state index contributed by atoms with van der Waals surface area (Å²) in [4.78, 5) is 7.66. The molecule has 3 rings (SSSR count). The second kappa shape index (κ2) is 4.72. The van der Waals surface area contributed by atoms with Crippen molar-refractivity contribution in [3.05, 3.63) is 48.0 Å². The molecule has 0 saturated carbocycles. The van der Waals surface area contributed by atoms with Crippen LogP contribution in [0.3, 0.4) is 0 Å². The van der Waals surface area contributed by atoms with Crippen LogP contribution in [0.2, 0.25) is 0 Å². The number of imidazole rings is 1. The minimum atomic E-state index is -3.35. The summed E-state index contributed by atoms with van der Waals surface area (Å²) in [5.41, 5.74) is 2.33. The van der Waals surface area contributed by atoms with Gasteiger partial charge in [-0.05, 0) is 24.3 Å². The highest BCUT2D eigenvalue weighted by Crippen LogP contribution is 2.25. The first-order chi connectivity index (χ1) is 9.99. The predicted molar refractivity (Wildman–Crippen MR) is 79.4 cm³/mol. The number of sulfone groups is 1. The third kappa shape index (κ3) is 2.39. The summed E-state index contributed by atoms with van der Waals surface area (Å²) in [6.45, 7) is 0. The third-order valence-electron chi connectivity index (χ3n) is 3.14. The highest BCUT2D eigenvalue weighted by Gasteiger charge is 2.15. The number of nitrogens with one attached hydrogen (secondary N) is 1. The molecule has 1 heterocycles. The van der Waals surface area contributed by atoms with E-state index in [9.17, 15) is 8.42 Å². The first-order valence-electron chi connectivity index (χ1n) is 6.18. The van der Waals surface area contributed by atoms with E-state index >= 15 is 0 Å². The maximum atomic E-state index is 11.8. The van der Waals surface area contributed by atoms with Crippen molar-refractivity contribution in [2.24, 2.45) is 0 Å². The van der Waals surface area contributed by atoms with Crippen LogP contribution in [0.4, 0.5) is 0 Å². The van der Waals surface area contributed by atoms with Crippen molar-refractivity contribution in [1.29, 1.82) is 5.26 Å². The fourth-order valence-electron chi connectivity index (χ4n) is 2.18. The highest BCUT2D eigenvalue weighted by atomic mass is 32.2. The van der Waals surface area contributed by atoms with Crippen LogP contribution < -0.4 is 0 Å². The molecule has 0 aliphatic carbocycles. The van der Waals surface area contributed by atoms with Gasteiger partial charge in [-0.1, -0.05) is 18.2 Å². The molecule has 0 unspecified atom stereocenters. The molecule has 5 nitrogen and oxygen atoms in total. The Hall–Kier alpha value is -2.65. The van der Waals surface area contributed by atoms with Crippen molar-refractivity contribution in [3.63, 3.8) is 0 Å². The lowest BCUT2D eigenvalue weighted by Gasteiger charge is -1.97. The van der Waals surface area contributed by atoms with Crippen LogP contribution in [-0.4, -0.2) is 24.6 Å². The number of benzene rings is 2. The SMILES string of the molecule is CS(=O)(=O)c1cccc2[nH]c(-c3cccc(C#N)c3)nc12. The zero-order valence-corrected chi connectivity index (χ0v) is 12.0. The monoisotopic (exact) mass is 297 g/mol. The quantitative estimate of drug-likeness (QED) is 0.787. The average molecular weight is 297 g/mol. The fraction of sp³-hybridized carbons (Fsp3) is 0.0667. The van der Waals surface area contributed by atoms with Gasteiger partial charge in [0.05, 0.1) is 22.0 Å². The third-order valence-corrected chi connectivity index (χ3v) is 4.27. The zero-order valence-electron chi connectivity index (χ0n) is 11.2. The summed E-state index contributed by atoms with van der Waals surface area (Å²) in [7, 11) is -3.35. The van der Waals surface area contributed by atoms with E-state index in [2.05, 4.69) is 16.0 Å². The summed E-state index contributed by atoms with van der Waals surface area (Å²) in [5.74, 6) is 0.540. The Labute approximate surface area is 121 Å². The molecule has 0 aliphatic rings. The Morgan fingerprint density at radius 2 is 1.95 bits per heavy atom. The van der Waals surface area contributed by atoms with Crippen molar-refractivity contribution >= 4 is 20.9 Å². The van der Waals surface area contributed by atoms with Gasteiger partial charge >= 0.3 is 0 Å². The topological polar surface area (TPSA) is 86.6 Å². The van der Waals surface area contributed by atoms with Gasteiger partial charge in [-0.15, -0.1) is 0 Å². The molecule has 0 bridgehead atoms. The van der Waals surface area contributed by atoms with Gasteiger partial charge in [0, 0.05) is 11.8 Å². The number of nitriles is 1. The predicted octanol–water partition coefficient (Wildman–Crippen LogP) is 2.51. The van der Waals surface area contributed by atoms with Crippen LogP contribution in [0.15, 0.2) is 47.4 Å². The smallest absolute Gasteiger partial charge is 0.177 e. The molecule has 1 aromatic heterocycles. The van der Waals surface area contributed by atoms with Gasteiger partial charge in [-0.25, -0.2) is 13.4 Å². The second-order valence-corrected chi connectivity index (χ2v) is 6.69. The zero-order chi connectivity index (χ0) is 15.0. The van der Waals surface area contributed by atoms with E-state index in [1.807, 2.05) is 6.07 Å². The molecule has 0 fully saturated rings. The Bertz CT molecular complexity index is 982. The molecule has 2 aromatic carbocycles. The number of nitrogens with zero attached hydrogens (tertiary/aromatic N) is 2. The molecular formula is C15H11N3O2S. The molecule has 104 valence electrons. The van der Waals surface area contributed by atoms with E-state index in [1.165, 1.54) is 6.07 Å². The van der Waals surface area contributed by atoms with Crippen LogP contribution >= 0.6 is 0 Å². The first-order valence-corrected chi connectivity index (χ1v) is 8.07. The van der Waals surface area contributed by atoms with E-state index < -0.39 is 9.84 Å². The molecular weight excluding hydrogens is 286 g/mol. The van der Waals surface area contributed by atoms with Crippen molar-refractivity contribution in [3.8, 4) is 17.5 Å². The molecule has 0 spiro atoms. The molecule has 1 N–H and O–H groups in total. The van der Waals surface area contributed by atoms with E-state index in [-0.39, 0.29) is 4.90 Å². The largest absolute Gasteiger partial charge is 0.338 e. The van der Waals surface area contributed by atoms with Gasteiger partial charge in [0.25, 0.3) is 0 Å². The normalized spacial score (nSPS) is 11.4. The van der Waals surface area contributed by atoms with E-state index in [0.29, 0.717) is 22.4 Å². The Kier molecular flexibility index (Phi) is 3.00. The standard InChI is InChI=1S/C15H11N3O2S/c1-21(19,20)13-7-3-6-12-14(13)18-15(17-12)11-5-2-4-10(8-11)9-16/h2-8H,1H3,(H,17,18). The lowest BCUT2D eigenvalue weighted by molar-refractivity contribution is 0.602. The summed E-state index contributed by atoms with van der Waals surface area (Å²) in [6, 6.07) is 14.0. The molecule has 3 aromatic rings. The van der Waals surface area contributed by atoms with Crippen LogP contribution in [0, 0.1) is 11.3 Å². The molecule has 0 radical (unpaired) electrons. The maximum Gasteiger partial charge on any atom is 0.177 e. The van der Waals surface area contributed by atoms with Crippen LogP contribution in [0.1, 0.15) is 5.56 Å². The van der Waals surface area contributed by atoms with Gasteiger partial charge in [0.2, 0.25) is 0 Å². The molecule has 0 aliphatic heterocycles. The lowest BCUT2D eigenvalue weighted by atomic mass is 10.1. The van der Waals surface area contributed by atoms with Gasteiger partial charge in [-0.3, -0.25) is 0 Å². The molecule has 0 saturated heterocycles. The molecule has 21 heavy (non-hydrogen) atoms. The Morgan fingerprint density at radius 3 is 2.67 bits per heavy atom. The van der Waals surface area contributed by atoms with E-state index in [4.69, 9.17) is 5.26 Å². The number of rotatable bonds is 2. The number of para-hydroxylation sites is 1. The average Bonchev–Trinajstić information content (AvgIpc) is 2.90. The molecule has 6 heteroatoms. The van der Waals surface area contributed by atoms with Crippen molar-refractivity contribution in [2.75, 3.05) is 6.26 Å². The molecule has 0 atom stereocenters. The van der Waals surface area contributed by atoms with Gasteiger partial charge in [0.15, 0.2) is 9.84 Å². The summed E-state index contributed by atoms with van der Waals surface area (Å²) >= 11 is 0. The highest BCUT2D eigenvalue weighted by molar-refractivity contribution is 7.91. The Morgan fingerprint density at radius 1 is 1.19 bits per heavy atom. The number of H-pyrrole nitrogens is 1. The minimum Gasteiger partial charge on any atom is -0.338 e. The van der Waals surface area contributed by atoms with Gasteiger partial charge in [-0.2, -0.15) is 5.26 Å². The van der Waals surface area contributed by atoms with E-state index in [0.717, 1.165) is 11.8 Å². The number of aromatic nitrogens is 2. The number of hydrogen-bond donors (Lipinski definition) is 1. The van der Waals surface area contributed by atoms with E-state index in [1.54, 1.807) is 30.3 Å². The van der Waals surface area contributed by atoms with Gasteiger partial charge < -0.3 is 4.98 Å². The number of hydrogen-bond acceptors (Lipinski definition) is 4. The lowest BCUT2D eigenvalue weighted by Crippen LogP contribution is -1.97. The minimum absolute atomic E-state index is 0.193. The summed E-state index contributed by atoms with van der Waals surface area (Å²) in [6.07, 6.45) is 1.16. The maximum absolute atomic E-state index is 11.8. The van der Waals surface area contributed by atoms with Crippen LogP contribution in [0.5, 0.6) is 0 Å². The van der Waals surface area contributed by atoms with Crippen molar-refractivity contribution < 1.29 is 8.42 Å². The number of aromatic amines is 1. The second-order valence-electron chi connectivity index (χ2n) is 4.70. The summed E-state index contributed by atoms with van der Waals surface area (Å²) < 4.78 is 23.6.